The molecule has 160 valence electrons. The van der Waals surface area contributed by atoms with E-state index in [4.69, 9.17) is 4.74 Å². The molecule has 0 aromatic heterocycles. The highest BCUT2D eigenvalue weighted by Crippen LogP contribution is 2.32. The van der Waals surface area contributed by atoms with Gasteiger partial charge < -0.3 is 4.74 Å². The van der Waals surface area contributed by atoms with Crippen molar-refractivity contribution >= 4 is 25.7 Å². The van der Waals surface area contributed by atoms with Gasteiger partial charge in [0.1, 0.15) is 11.6 Å². The van der Waals surface area contributed by atoms with E-state index in [-0.39, 0.29) is 40.4 Å². The zero-order chi connectivity index (χ0) is 21.8. The molecule has 0 radical (unpaired) electrons. The summed E-state index contributed by atoms with van der Waals surface area (Å²) in [6, 6.07) is 8.32. The van der Waals surface area contributed by atoms with Crippen LogP contribution in [0.15, 0.2) is 52.3 Å². The summed E-state index contributed by atoms with van der Waals surface area (Å²) in [5.74, 6) is -0.385. The smallest absolute Gasteiger partial charge is 0.262 e. The number of hydrogen-bond donors (Lipinski definition) is 1. The summed E-state index contributed by atoms with van der Waals surface area (Å²) in [7, 11) is -7.89. The van der Waals surface area contributed by atoms with E-state index in [0.29, 0.717) is 0 Å². The molecule has 0 aliphatic rings. The van der Waals surface area contributed by atoms with E-state index in [0.717, 1.165) is 24.3 Å². The van der Waals surface area contributed by atoms with Gasteiger partial charge in [-0.3, -0.25) is 4.72 Å². The van der Waals surface area contributed by atoms with Crippen LogP contribution < -0.4 is 9.46 Å². The van der Waals surface area contributed by atoms with Crippen LogP contribution in [0.25, 0.3) is 0 Å². The van der Waals surface area contributed by atoms with Gasteiger partial charge in [-0.2, -0.15) is 4.31 Å². The Morgan fingerprint density at radius 2 is 1.52 bits per heavy atom. The zero-order valence-electron chi connectivity index (χ0n) is 16.7. The molecule has 2 aromatic rings. The number of ether oxygens (including phenoxy) is 1. The molecule has 7 nitrogen and oxygen atoms in total. The summed E-state index contributed by atoms with van der Waals surface area (Å²) in [5, 5.41) is 0. The highest BCUT2D eigenvalue weighted by Gasteiger charge is 2.25. The number of rotatable bonds is 9. The summed E-state index contributed by atoms with van der Waals surface area (Å²) in [6.07, 6.45) is -0.269. The molecule has 1 N–H and O–H groups in total. The Hall–Kier alpha value is -2.17. The van der Waals surface area contributed by atoms with Gasteiger partial charge in [-0.05, 0) is 56.3 Å². The first-order chi connectivity index (χ1) is 13.5. The van der Waals surface area contributed by atoms with Crippen molar-refractivity contribution in [3.05, 3.63) is 48.3 Å². The third-order valence-electron chi connectivity index (χ3n) is 4.03. The van der Waals surface area contributed by atoms with Gasteiger partial charge in [0.05, 0.1) is 21.6 Å². The monoisotopic (exact) mass is 444 g/mol. The Morgan fingerprint density at radius 1 is 0.966 bits per heavy atom. The molecule has 2 aromatic carbocycles. The SMILES string of the molecule is CCN(CC)S(=O)(=O)c1ccc(OC(C)C)c(NS(=O)(=O)c2ccc(F)cc2)c1. The van der Waals surface area contributed by atoms with Crippen LogP contribution in [0.4, 0.5) is 10.1 Å². The van der Waals surface area contributed by atoms with Gasteiger partial charge in [0.2, 0.25) is 10.0 Å². The highest BCUT2D eigenvalue weighted by atomic mass is 32.2. The van der Waals surface area contributed by atoms with Crippen molar-refractivity contribution in [2.45, 2.75) is 43.6 Å². The topological polar surface area (TPSA) is 92.8 Å². The number of halogens is 1. The lowest BCUT2D eigenvalue weighted by atomic mass is 10.3. The van der Waals surface area contributed by atoms with E-state index in [1.807, 2.05) is 0 Å². The van der Waals surface area contributed by atoms with Crippen molar-refractivity contribution in [1.29, 1.82) is 0 Å². The van der Waals surface area contributed by atoms with Gasteiger partial charge in [-0.1, -0.05) is 13.8 Å². The Balaban J connectivity index is 2.53. The Kier molecular flexibility index (Phi) is 7.25. The normalized spacial score (nSPS) is 12.4. The van der Waals surface area contributed by atoms with Crippen molar-refractivity contribution in [2.24, 2.45) is 0 Å². The third-order valence-corrected chi connectivity index (χ3v) is 7.45. The minimum atomic E-state index is -4.09. The average molecular weight is 445 g/mol. The fourth-order valence-electron chi connectivity index (χ4n) is 2.64. The van der Waals surface area contributed by atoms with Crippen LogP contribution in [0.5, 0.6) is 5.75 Å². The average Bonchev–Trinajstić information content (AvgIpc) is 2.63. The number of anilines is 1. The summed E-state index contributed by atoms with van der Waals surface area (Å²) < 4.78 is 73.4. The lowest BCUT2D eigenvalue weighted by molar-refractivity contribution is 0.243. The molecule has 0 aliphatic carbocycles. The molecule has 0 saturated carbocycles. The fourth-order valence-corrected chi connectivity index (χ4v) is 5.18. The minimum absolute atomic E-state index is 0.0174. The molecule has 0 fully saturated rings. The van der Waals surface area contributed by atoms with Crippen LogP contribution >= 0.6 is 0 Å². The molecule has 0 atom stereocenters. The molecule has 2 rings (SSSR count). The van der Waals surface area contributed by atoms with Gasteiger partial charge >= 0.3 is 0 Å². The van der Waals surface area contributed by atoms with Crippen LogP contribution in [0.1, 0.15) is 27.7 Å². The van der Waals surface area contributed by atoms with Gasteiger partial charge in [0.25, 0.3) is 10.0 Å². The van der Waals surface area contributed by atoms with Gasteiger partial charge in [0, 0.05) is 13.1 Å². The van der Waals surface area contributed by atoms with E-state index in [1.165, 1.54) is 22.5 Å². The minimum Gasteiger partial charge on any atom is -0.489 e. The molecule has 0 aliphatic heterocycles. The molecule has 0 amide bonds. The summed E-state index contributed by atoms with van der Waals surface area (Å²) >= 11 is 0. The molecule has 0 saturated heterocycles. The van der Waals surface area contributed by atoms with Crippen molar-refractivity contribution in [3.63, 3.8) is 0 Å². The molecule has 0 bridgehead atoms. The molecule has 29 heavy (non-hydrogen) atoms. The lowest BCUT2D eigenvalue weighted by Crippen LogP contribution is -2.30. The first-order valence-corrected chi connectivity index (χ1v) is 12.0. The zero-order valence-corrected chi connectivity index (χ0v) is 18.3. The molecule has 0 spiro atoms. The largest absolute Gasteiger partial charge is 0.489 e. The summed E-state index contributed by atoms with van der Waals surface area (Å²) in [5.41, 5.74) is -0.0174. The second-order valence-corrected chi connectivity index (χ2v) is 10.1. The van der Waals surface area contributed by atoms with Crippen LogP contribution in [-0.2, 0) is 20.0 Å². The summed E-state index contributed by atoms with van der Waals surface area (Å²) in [6.45, 7) is 7.52. The van der Waals surface area contributed by atoms with Crippen molar-refractivity contribution in [1.82, 2.24) is 4.31 Å². The van der Waals surface area contributed by atoms with Crippen molar-refractivity contribution < 1.29 is 26.0 Å². The highest BCUT2D eigenvalue weighted by molar-refractivity contribution is 7.92. The first kappa shape index (κ1) is 23.1. The van der Waals surface area contributed by atoms with E-state index in [2.05, 4.69) is 4.72 Å². The first-order valence-electron chi connectivity index (χ1n) is 9.10. The molecule has 0 unspecified atom stereocenters. The standard InChI is InChI=1S/C19H25FN2O5S2/c1-5-22(6-2)29(25,26)17-11-12-19(27-14(3)4)18(13-17)21-28(23,24)16-9-7-15(20)8-10-16/h7-14,21H,5-6H2,1-4H3. The van der Waals surface area contributed by atoms with E-state index >= 15 is 0 Å². The number of benzene rings is 2. The van der Waals surface area contributed by atoms with Crippen LogP contribution in [0, 0.1) is 5.82 Å². The van der Waals surface area contributed by atoms with Crippen molar-refractivity contribution in [3.8, 4) is 5.75 Å². The van der Waals surface area contributed by atoms with Crippen LogP contribution in [-0.4, -0.2) is 40.3 Å². The van der Waals surface area contributed by atoms with Crippen molar-refractivity contribution in [2.75, 3.05) is 17.8 Å². The second-order valence-electron chi connectivity index (χ2n) is 6.47. The van der Waals surface area contributed by atoms with Gasteiger partial charge in [-0.25, -0.2) is 21.2 Å². The maximum Gasteiger partial charge on any atom is 0.262 e. The summed E-state index contributed by atoms with van der Waals surface area (Å²) in [4.78, 5) is -0.222. The Morgan fingerprint density at radius 3 is 2.03 bits per heavy atom. The molecular formula is C19H25FN2O5S2. The maximum atomic E-state index is 13.1. The van der Waals surface area contributed by atoms with E-state index in [1.54, 1.807) is 27.7 Å². The molecular weight excluding hydrogens is 419 g/mol. The fraction of sp³-hybridized carbons (Fsp3) is 0.368. The van der Waals surface area contributed by atoms with Crippen LogP contribution in [0.2, 0.25) is 0 Å². The third kappa shape index (κ3) is 5.46. The van der Waals surface area contributed by atoms with E-state index in [9.17, 15) is 21.2 Å². The predicted molar refractivity (Wildman–Crippen MR) is 110 cm³/mol. The number of hydrogen-bond acceptors (Lipinski definition) is 5. The number of nitrogens with one attached hydrogen (secondary N) is 1. The number of nitrogens with zero attached hydrogens (tertiary/aromatic N) is 1. The van der Waals surface area contributed by atoms with E-state index < -0.39 is 25.9 Å². The van der Waals surface area contributed by atoms with Gasteiger partial charge in [-0.15, -0.1) is 0 Å². The number of sulfonamides is 2. The predicted octanol–water partition coefficient (Wildman–Crippen LogP) is 3.44. The molecule has 10 heteroatoms. The molecule has 0 heterocycles. The van der Waals surface area contributed by atoms with Crippen LogP contribution in [0.3, 0.4) is 0 Å². The quantitative estimate of drug-likeness (QED) is 0.640. The van der Waals surface area contributed by atoms with Gasteiger partial charge in [0.15, 0.2) is 0 Å². The second kappa shape index (κ2) is 9.10. The maximum absolute atomic E-state index is 13.1. The Labute approximate surface area is 171 Å². The lowest BCUT2D eigenvalue weighted by Gasteiger charge is -2.21. The Bertz CT molecular complexity index is 1050.